The third-order valence-electron chi connectivity index (χ3n) is 5.21. The molecule has 0 aliphatic heterocycles. The van der Waals surface area contributed by atoms with Crippen LogP contribution in [0.5, 0.6) is 0 Å². The fraction of sp³-hybridized carbons (Fsp3) is 0.286. The zero-order chi connectivity index (χ0) is 22.2. The van der Waals surface area contributed by atoms with Crippen LogP contribution in [-0.2, 0) is 28.7 Å². The van der Waals surface area contributed by atoms with Crippen molar-refractivity contribution in [3.05, 3.63) is 68.2 Å². The van der Waals surface area contributed by atoms with Crippen LogP contribution < -0.4 is 16.4 Å². The number of rotatable bonds is 5. The molecule has 0 aliphatic rings. The average Bonchev–Trinajstić information content (AvgIpc) is 2.71. The van der Waals surface area contributed by atoms with Gasteiger partial charge in [-0.2, -0.15) is 0 Å². The fourth-order valence-electron chi connectivity index (χ4n) is 3.14. The van der Waals surface area contributed by atoms with Crippen LogP contribution in [0.3, 0.4) is 0 Å². The summed E-state index contributed by atoms with van der Waals surface area (Å²) in [5.74, 6) is -0.785. The van der Waals surface area contributed by atoms with Crippen LogP contribution in [0.15, 0.2) is 50.9 Å². The second kappa shape index (κ2) is 7.91. The standard InChI is InChI=1S/C21H23N3O5S/c1-13-5-6-15(11-14(13)2)22-19(25)9-10-30(28,29)16-7-8-17-18(12-16)24(4)21(27)20(26)23(17)3/h5-8,11-12H,9-10H2,1-4H3,(H,22,25). The lowest BCUT2D eigenvalue weighted by Crippen LogP contribution is -2.39. The van der Waals surface area contributed by atoms with E-state index in [-0.39, 0.29) is 17.1 Å². The van der Waals surface area contributed by atoms with Gasteiger partial charge in [-0.3, -0.25) is 14.4 Å². The lowest BCUT2D eigenvalue weighted by Gasteiger charge is -2.11. The molecule has 0 unspecified atom stereocenters. The van der Waals surface area contributed by atoms with Crippen molar-refractivity contribution in [1.29, 1.82) is 0 Å². The van der Waals surface area contributed by atoms with Crippen molar-refractivity contribution in [1.82, 2.24) is 9.13 Å². The highest BCUT2D eigenvalue weighted by Crippen LogP contribution is 2.19. The van der Waals surface area contributed by atoms with Gasteiger partial charge in [-0.25, -0.2) is 8.42 Å². The van der Waals surface area contributed by atoms with Crippen molar-refractivity contribution in [3.63, 3.8) is 0 Å². The predicted molar refractivity (Wildman–Crippen MR) is 116 cm³/mol. The molecule has 8 nitrogen and oxygen atoms in total. The molecule has 0 saturated heterocycles. The predicted octanol–water partition coefficient (Wildman–Crippen LogP) is 1.66. The van der Waals surface area contributed by atoms with Crippen LogP contribution in [0.1, 0.15) is 17.5 Å². The third kappa shape index (κ3) is 4.06. The van der Waals surface area contributed by atoms with Gasteiger partial charge in [0.2, 0.25) is 5.91 Å². The Labute approximate surface area is 173 Å². The van der Waals surface area contributed by atoms with Gasteiger partial charge in [0.05, 0.1) is 21.7 Å². The van der Waals surface area contributed by atoms with Gasteiger partial charge in [0.25, 0.3) is 0 Å². The number of aryl methyl sites for hydroxylation is 4. The van der Waals surface area contributed by atoms with Gasteiger partial charge >= 0.3 is 11.1 Å². The second-order valence-corrected chi connectivity index (χ2v) is 9.40. The van der Waals surface area contributed by atoms with E-state index in [2.05, 4.69) is 5.32 Å². The Kier molecular flexibility index (Phi) is 5.67. The first kappa shape index (κ1) is 21.5. The Bertz CT molecular complexity index is 1380. The number of aromatic nitrogens is 2. The summed E-state index contributed by atoms with van der Waals surface area (Å²) >= 11 is 0. The number of benzene rings is 2. The maximum Gasteiger partial charge on any atom is 0.316 e. The number of sulfone groups is 1. The first-order valence-electron chi connectivity index (χ1n) is 9.31. The van der Waals surface area contributed by atoms with Crippen LogP contribution in [0.4, 0.5) is 5.69 Å². The number of anilines is 1. The molecule has 1 aromatic heterocycles. The largest absolute Gasteiger partial charge is 0.326 e. The van der Waals surface area contributed by atoms with E-state index in [1.807, 2.05) is 26.0 Å². The minimum Gasteiger partial charge on any atom is -0.326 e. The van der Waals surface area contributed by atoms with Crippen LogP contribution in [0, 0.1) is 13.8 Å². The summed E-state index contributed by atoms with van der Waals surface area (Å²) < 4.78 is 27.8. The summed E-state index contributed by atoms with van der Waals surface area (Å²) in [6, 6.07) is 9.70. The molecular weight excluding hydrogens is 406 g/mol. The van der Waals surface area contributed by atoms with Crippen LogP contribution in [0.25, 0.3) is 11.0 Å². The molecule has 1 N–H and O–H groups in total. The van der Waals surface area contributed by atoms with Crippen molar-refractivity contribution in [2.24, 2.45) is 14.1 Å². The van der Waals surface area contributed by atoms with E-state index in [1.54, 1.807) is 6.07 Å². The first-order chi connectivity index (χ1) is 14.0. The first-order valence-corrected chi connectivity index (χ1v) is 11.0. The molecule has 0 saturated carbocycles. The molecule has 0 aliphatic carbocycles. The fourth-order valence-corrected chi connectivity index (χ4v) is 4.40. The molecule has 9 heteroatoms. The lowest BCUT2D eigenvalue weighted by molar-refractivity contribution is -0.115. The molecule has 3 aromatic rings. The molecule has 0 radical (unpaired) electrons. The Morgan fingerprint density at radius 3 is 2.17 bits per heavy atom. The quantitative estimate of drug-likeness (QED) is 0.621. The molecule has 0 spiro atoms. The lowest BCUT2D eigenvalue weighted by atomic mass is 10.1. The molecule has 1 amide bonds. The number of hydrogen-bond donors (Lipinski definition) is 1. The van der Waals surface area contributed by atoms with E-state index in [4.69, 9.17) is 0 Å². The van der Waals surface area contributed by atoms with Gasteiger partial charge in [0, 0.05) is 26.2 Å². The molecule has 0 fully saturated rings. The average molecular weight is 429 g/mol. The monoisotopic (exact) mass is 429 g/mol. The van der Waals surface area contributed by atoms with Gasteiger partial charge in [0.15, 0.2) is 9.84 Å². The number of nitrogens with one attached hydrogen (secondary N) is 1. The zero-order valence-corrected chi connectivity index (χ0v) is 18.0. The second-order valence-electron chi connectivity index (χ2n) is 7.29. The minimum absolute atomic E-state index is 0.0115. The van der Waals surface area contributed by atoms with Crippen molar-refractivity contribution < 1.29 is 13.2 Å². The maximum absolute atomic E-state index is 12.7. The number of hydrogen-bond acceptors (Lipinski definition) is 5. The van der Waals surface area contributed by atoms with Gasteiger partial charge < -0.3 is 14.5 Å². The van der Waals surface area contributed by atoms with Gasteiger partial charge in [-0.15, -0.1) is 0 Å². The highest BCUT2D eigenvalue weighted by atomic mass is 32.2. The number of amides is 1. The SMILES string of the molecule is Cc1ccc(NC(=O)CCS(=O)(=O)c2ccc3c(c2)n(C)c(=O)c(=O)n3C)cc1C. The molecular formula is C21H23N3O5S. The number of carbonyl (C=O) groups excluding carboxylic acids is 1. The minimum atomic E-state index is -3.77. The highest BCUT2D eigenvalue weighted by molar-refractivity contribution is 7.91. The van der Waals surface area contributed by atoms with Crippen LogP contribution in [-0.4, -0.2) is 29.2 Å². The Balaban J connectivity index is 1.82. The summed E-state index contributed by atoms with van der Waals surface area (Å²) in [5.41, 5.74) is 2.06. The van der Waals surface area contributed by atoms with Crippen LogP contribution in [0.2, 0.25) is 0 Å². The Hall–Kier alpha value is -3.20. The van der Waals surface area contributed by atoms with Crippen molar-refractivity contribution in [2.45, 2.75) is 25.2 Å². The van der Waals surface area contributed by atoms with E-state index in [0.717, 1.165) is 15.7 Å². The van der Waals surface area contributed by atoms with Crippen molar-refractivity contribution in [2.75, 3.05) is 11.1 Å². The Morgan fingerprint density at radius 1 is 0.900 bits per heavy atom. The molecule has 2 aromatic carbocycles. The Morgan fingerprint density at radius 2 is 1.53 bits per heavy atom. The molecule has 3 rings (SSSR count). The van der Waals surface area contributed by atoms with Gasteiger partial charge in [-0.05, 0) is 55.3 Å². The summed E-state index contributed by atoms with van der Waals surface area (Å²) in [4.78, 5) is 36.2. The van der Waals surface area contributed by atoms with E-state index in [1.165, 1.54) is 36.9 Å². The molecule has 0 atom stereocenters. The van der Waals surface area contributed by atoms with Gasteiger partial charge in [-0.1, -0.05) is 6.07 Å². The molecule has 0 bridgehead atoms. The normalized spacial score (nSPS) is 11.6. The maximum atomic E-state index is 12.7. The van der Waals surface area contributed by atoms with Crippen molar-refractivity contribution in [3.8, 4) is 0 Å². The smallest absolute Gasteiger partial charge is 0.316 e. The number of fused-ring (bicyclic) bond motifs is 1. The van der Waals surface area contributed by atoms with E-state index in [9.17, 15) is 22.8 Å². The summed E-state index contributed by atoms with van der Waals surface area (Å²) in [6.45, 7) is 3.89. The van der Waals surface area contributed by atoms with Gasteiger partial charge in [0.1, 0.15) is 0 Å². The van der Waals surface area contributed by atoms with Crippen LogP contribution >= 0.6 is 0 Å². The van der Waals surface area contributed by atoms with E-state index in [0.29, 0.717) is 16.7 Å². The molecule has 1 heterocycles. The van der Waals surface area contributed by atoms with E-state index < -0.39 is 26.9 Å². The topological polar surface area (TPSA) is 107 Å². The summed E-state index contributed by atoms with van der Waals surface area (Å²) in [6.07, 6.45) is -0.209. The summed E-state index contributed by atoms with van der Waals surface area (Å²) in [5, 5.41) is 2.71. The number of nitrogens with zero attached hydrogens (tertiary/aromatic N) is 2. The van der Waals surface area contributed by atoms with E-state index >= 15 is 0 Å². The number of carbonyl (C=O) groups is 1. The highest BCUT2D eigenvalue weighted by Gasteiger charge is 2.19. The third-order valence-corrected chi connectivity index (χ3v) is 6.92. The zero-order valence-electron chi connectivity index (χ0n) is 17.2. The van der Waals surface area contributed by atoms with Crippen molar-refractivity contribution >= 4 is 32.5 Å². The molecule has 158 valence electrons. The molecule has 30 heavy (non-hydrogen) atoms. The summed E-state index contributed by atoms with van der Waals surface area (Å²) in [7, 11) is -0.898.